The maximum Gasteiger partial charge on any atom is 0.371 e. The summed E-state index contributed by atoms with van der Waals surface area (Å²) in [6.07, 6.45) is 0.335. The average Bonchev–Trinajstić information content (AvgIpc) is 3.21. The monoisotopic (exact) mass is 346 g/mol. The van der Waals surface area contributed by atoms with Crippen LogP contribution < -0.4 is 4.90 Å². The Morgan fingerprint density at radius 1 is 1.24 bits per heavy atom. The van der Waals surface area contributed by atoms with Crippen LogP contribution in [0.4, 0.5) is 10.1 Å². The lowest BCUT2D eigenvalue weighted by Crippen LogP contribution is -2.43. The Kier molecular flexibility index (Phi) is 4.26. The first-order valence-corrected chi connectivity index (χ1v) is 7.56. The fraction of sp³-hybridized carbons (Fsp3) is 0.235. The second-order valence-electron chi connectivity index (χ2n) is 5.63. The van der Waals surface area contributed by atoms with Gasteiger partial charge < -0.3 is 19.3 Å². The number of furan rings is 1. The number of carboxylic acids is 1. The third kappa shape index (κ3) is 2.98. The molecule has 3 rings (SSSR count). The molecule has 1 unspecified atom stereocenters. The molecule has 0 aliphatic carbocycles. The highest BCUT2D eigenvalue weighted by Gasteiger charge is 2.38. The molecule has 130 valence electrons. The second-order valence-corrected chi connectivity index (χ2v) is 5.63. The molecule has 2 amide bonds. The number of para-hydroxylation sites is 1. The Labute approximate surface area is 142 Å². The Bertz CT molecular complexity index is 847. The molecule has 1 atom stereocenters. The number of carbonyl (C=O) groups excluding carboxylic acids is 2. The van der Waals surface area contributed by atoms with E-state index in [1.165, 1.54) is 47.2 Å². The van der Waals surface area contributed by atoms with Gasteiger partial charge in [0.05, 0.1) is 5.69 Å². The van der Waals surface area contributed by atoms with E-state index in [-0.39, 0.29) is 23.8 Å². The van der Waals surface area contributed by atoms with Crippen LogP contribution in [-0.4, -0.2) is 47.4 Å². The number of aromatic carboxylic acids is 1. The SMILES string of the molecule is CN(C(=O)c1ccc(C(=O)O)o1)C1CCN(c2ccccc2F)C1=O. The van der Waals surface area contributed by atoms with Crippen LogP contribution in [-0.2, 0) is 4.79 Å². The number of halogens is 1. The topological polar surface area (TPSA) is 91.1 Å². The molecule has 2 aromatic rings. The van der Waals surface area contributed by atoms with Gasteiger partial charge in [0.25, 0.3) is 5.91 Å². The molecular weight excluding hydrogens is 331 g/mol. The molecule has 0 radical (unpaired) electrons. The van der Waals surface area contributed by atoms with E-state index >= 15 is 0 Å². The third-order valence-corrected chi connectivity index (χ3v) is 4.14. The van der Waals surface area contributed by atoms with Crippen molar-refractivity contribution in [1.29, 1.82) is 0 Å². The van der Waals surface area contributed by atoms with E-state index < -0.39 is 29.6 Å². The van der Waals surface area contributed by atoms with Crippen molar-refractivity contribution in [3.63, 3.8) is 0 Å². The molecule has 1 saturated heterocycles. The molecule has 1 aromatic heterocycles. The summed E-state index contributed by atoms with van der Waals surface area (Å²) in [5, 5.41) is 8.84. The van der Waals surface area contributed by atoms with Gasteiger partial charge in [0.15, 0.2) is 5.76 Å². The highest BCUT2D eigenvalue weighted by atomic mass is 19.1. The predicted molar refractivity (Wildman–Crippen MR) is 84.9 cm³/mol. The first-order valence-electron chi connectivity index (χ1n) is 7.56. The number of likely N-dealkylation sites (N-methyl/N-ethyl adjacent to an activating group) is 1. The van der Waals surface area contributed by atoms with Gasteiger partial charge in [-0.3, -0.25) is 9.59 Å². The van der Waals surface area contributed by atoms with Crippen molar-refractivity contribution < 1.29 is 28.3 Å². The second kappa shape index (κ2) is 6.39. The van der Waals surface area contributed by atoms with E-state index in [4.69, 9.17) is 9.52 Å². The first-order chi connectivity index (χ1) is 11.9. The molecule has 25 heavy (non-hydrogen) atoms. The Hall–Kier alpha value is -3.16. The molecule has 0 bridgehead atoms. The van der Waals surface area contributed by atoms with E-state index in [1.807, 2.05) is 0 Å². The predicted octanol–water partition coefficient (Wildman–Crippen LogP) is 1.99. The number of amides is 2. The van der Waals surface area contributed by atoms with Crippen molar-refractivity contribution in [2.24, 2.45) is 0 Å². The molecule has 1 fully saturated rings. The quantitative estimate of drug-likeness (QED) is 0.914. The lowest BCUT2D eigenvalue weighted by molar-refractivity contribution is -0.120. The number of carboxylic acid groups (broad SMARTS) is 1. The van der Waals surface area contributed by atoms with Crippen LogP contribution in [0.3, 0.4) is 0 Å². The van der Waals surface area contributed by atoms with Crippen LogP contribution in [0.5, 0.6) is 0 Å². The number of carbonyl (C=O) groups is 3. The Morgan fingerprint density at radius 3 is 2.56 bits per heavy atom. The molecule has 1 aliphatic rings. The van der Waals surface area contributed by atoms with E-state index in [0.29, 0.717) is 6.42 Å². The average molecular weight is 346 g/mol. The summed E-state index contributed by atoms with van der Waals surface area (Å²) < 4.78 is 18.9. The van der Waals surface area contributed by atoms with Crippen molar-refractivity contribution in [1.82, 2.24) is 4.90 Å². The summed E-state index contributed by atoms with van der Waals surface area (Å²) in [4.78, 5) is 38.3. The van der Waals surface area contributed by atoms with E-state index in [9.17, 15) is 18.8 Å². The molecule has 1 aliphatic heterocycles. The van der Waals surface area contributed by atoms with Crippen LogP contribution >= 0.6 is 0 Å². The third-order valence-electron chi connectivity index (χ3n) is 4.14. The van der Waals surface area contributed by atoms with Gasteiger partial charge in [-0.15, -0.1) is 0 Å². The Morgan fingerprint density at radius 2 is 1.92 bits per heavy atom. The number of hydrogen-bond donors (Lipinski definition) is 1. The minimum atomic E-state index is -1.29. The molecule has 0 saturated carbocycles. The van der Waals surface area contributed by atoms with Crippen LogP contribution in [0.2, 0.25) is 0 Å². The van der Waals surface area contributed by atoms with Crippen molar-refractivity contribution in [3.05, 3.63) is 53.7 Å². The summed E-state index contributed by atoms with van der Waals surface area (Å²) in [7, 11) is 1.43. The summed E-state index contributed by atoms with van der Waals surface area (Å²) in [6.45, 7) is 0.278. The van der Waals surface area contributed by atoms with Gasteiger partial charge in [-0.2, -0.15) is 0 Å². The number of hydrogen-bond acceptors (Lipinski definition) is 4. The summed E-state index contributed by atoms with van der Waals surface area (Å²) in [6, 6.07) is 7.57. The van der Waals surface area contributed by atoms with E-state index in [2.05, 4.69) is 0 Å². The van der Waals surface area contributed by atoms with Gasteiger partial charge in [0.2, 0.25) is 11.7 Å². The number of anilines is 1. The van der Waals surface area contributed by atoms with Crippen molar-refractivity contribution in [2.75, 3.05) is 18.5 Å². The fourth-order valence-corrected chi connectivity index (χ4v) is 2.82. The van der Waals surface area contributed by atoms with Gasteiger partial charge in [-0.1, -0.05) is 12.1 Å². The van der Waals surface area contributed by atoms with Crippen LogP contribution in [0.15, 0.2) is 40.8 Å². The van der Waals surface area contributed by atoms with Gasteiger partial charge in [-0.25, -0.2) is 9.18 Å². The fourth-order valence-electron chi connectivity index (χ4n) is 2.82. The van der Waals surface area contributed by atoms with Crippen molar-refractivity contribution >= 4 is 23.5 Å². The van der Waals surface area contributed by atoms with Crippen LogP contribution in [0.1, 0.15) is 27.5 Å². The standard InChI is InChI=1S/C17H15FN2O5/c1-19(16(22)13-6-7-14(25-13)17(23)24)12-8-9-20(15(12)21)11-5-3-2-4-10(11)18/h2-7,12H,8-9H2,1H3,(H,23,24). The van der Waals surface area contributed by atoms with Gasteiger partial charge in [0, 0.05) is 13.6 Å². The largest absolute Gasteiger partial charge is 0.475 e. The molecule has 8 heteroatoms. The Balaban J connectivity index is 1.78. The number of rotatable bonds is 4. The summed E-state index contributed by atoms with van der Waals surface area (Å²) >= 11 is 0. The van der Waals surface area contributed by atoms with Crippen molar-refractivity contribution in [3.8, 4) is 0 Å². The zero-order chi connectivity index (χ0) is 18.1. The lowest BCUT2D eigenvalue weighted by Gasteiger charge is -2.23. The molecule has 7 nitrogen and oxygen atoms in total. The van der Waals surface area contributed by atoms with Gasteiger partial charge in [-0.05, 0) is 30.7 Å². The zero-order valence-corrected chi connectivity index (χ0v) is 13.3. The molecular formula is C17H15FN2O5. The molecule has 1 N–H and O–H groups in total. The molecule has 1 aromatic carbocycles. The van der Waals surface area contributed by atoms with E-state index in [0.717, 1.165) is 0 Å². The minimum absolute atomic E-state index is 0.169. The summed E-state index contributed by atoms with van der Waals surface area (Å²) in [5.74, 6) is -3.33. The highest BCUT2D eigenvalue weighted by molar-refractivity contribution is 6.03. The van der Waals surface area contributed by atoms with Gasteiger partial charge >= 0.3 is 5.97 Å². The maximum absolute atomic E-state index is 13.9. The van der Waals surface area contributed by atoms with Crippen LogP contribution in [0.25, 0.3) is 0 Å². The minimum Gasteiger partial charge on any atom is -0.475 e. The first kappa shape index (κ1) is 16.7. The number of nitrogens with zero attached hydrogens (tertiary/aromatic N) is 2. The lowest BCUT2D eigenvalue weighted by atomic mass is 10.2. The number of benzene rings is 1. The van der Waals surface area contributed by atoms with Crippen LogP contribution in [0, 0.1) is 5.82 Å². The highest BCUT2D eigenvalue weighted by Crippen LogP contribution is 2.27. The van der Waals surface area contributed by atoms with Gasteiger partial charge in [0.1, 0.15) is 11.9 Å². The zero-order valence-electron chi connectivity index (χ0n) is 13.3. The molecule has 2 heterocycles. The normalized spacial score (nSPS) is 17.0. The summed E-state index contributed by atoms with van der Waals surface area (Å²) in [5.41, 5.74) is 0.169. The van der Waals surface area contributed by atoms with Crippen molar-refractivity contribution in [2.45, 2.75) is 12.5 Å². The van der Waals surface area contributed by atoms with E-state index in [1.54, 1.807) is 6.07 Å². The molecule has 0 spiro atoms. The smallest absolute Gasteiger partial charge is 0.371 e. The maximum atomic E-state index is 13.9.